The zero-order valence-corrected chi connectivity index (χ0v) is 16.0. The summed E-state index contributed by atoms with van der Waals surface area (Å²) in [6, 6.07) is 13.0. The lowest BCUT2D eigenvalue weighted by Gasteiger charge is -2.18. The van der Waals surface area contributed by atoms with Crippen molar-refractivity contribution in [3.8, 4) is 11.5 Å². The molecule has 0 unspecified atom stereocenters. The summed E-state index contributed by atoms with van der Waals surface area (Å²) >= 11 is 0. The van der Waals surface area contributed by atoms with Gasteiger partial charge in [-0.3, -0.25) is 4.79 Å². The van der Waals surface area contributed by atoms with Crippen molar-refractivity contribution in [1.82, 2.24) is 5.43 Å². The van der Waals surface area contributed by atoms with E-state index in [2.05, 4.69) is 31.3 Å². The number of nitrogens with zero attached hydrogens (tertiary/aromatic N) is 1. The maximum Gasteiger partial charge on any atom is 0.271 e. The standard InChI is InChI=1S/C21H26N2O3/c1-6-26-19-13-15(7-12-18(19)25-5)14-22-23-20(24)16-8-10-17(11-9-16)21(2,3)4/h7-14H,6H2,1-5H3,(H,23,24)/b22-14-. The summed E-state index contributed by atoms with van der Waals surface area (Å²) in [6.07, 6.45) is 1.57. The number of rotatable bonds is 6. The molecule has 2 aromatic carbocycles. The second-order valence-corrected chi connectivity index (χ2v) is 6.87. The highest BCUT2D eigenvalue weighted by Crippen LogP contribution is 2.27. The summed E-state index contributed by atoms with van der Waals surface area (Å²) in [6.45, 7) is 8.86. The molecule has 1 N–H and O–H groups in total. The van der Waals surface area contributed by atoms with Crippen molar-refractivity contribution in [2.75, 3.05) is 13.7 Å². The molecule has 0 fully saturated rings. The van der Waals surface area contributed by atoms with Crippen molar-refractivity contribution < 1.29 is 14.3 Å². The number of carbonyl (C=O) groups excluding carboxylic acids is 1. The van der Waals surface area contributed by atoms with Crippen molar-refractivity contribution in [2.24, 2.45) is 5.10 Å². The molecule has 26 heavy (non-hydrogen) atoms. The van der Waals surface area contributed by atoms with Crippen molar-refractivity contribution in [1.29, 1.82) is 0 Å². The number of benzene rings is 2. The van der Waals surface area contributed by atoms with Crippen LogP contribution in [0.1, 0.15) is 49.2 Å². The lowest BCUT2D eigenvalue weighted by atomic mass is 9.87. The van der Waals surface area contributed by atoms with Gasteiger partial charge >= 0.3 is 0 Å². The smallest absolute Gasteiger partial charge is 0.271 e. The number of carbonyl (C=O) groups is 1. The minimum absolute atomic E-state index is 0.0553. The van der Waals surface area contributed by atoms with E-state index in [1.807, 2.05) is 43.3 Å². The maximum atomic E-state index is 12.2. The average Bonchev–Trinajstić information content (AvgIpc) is 2.61. The number of methoxy groups -OCH3 is 1. The Kier molecular flexibility index (Phi) is 6.39. The molecule has 0 aliphatic rings. The molecule has 0 aliphatic carbocycles. The first-order valence-electron chi connectivity index (χ1n) is 8.60. The van der Waals surface area contributed by atoms with Gasteiger partial charge in [-0.15, -0.1) is 0 Å². The van der Waals surface area contributed by atoms with Gasteiger partial charge in [-0.2, -0.15) is 5.10 Å². The highest BCUT2D eigenvalue weighted by atomic mass is 16.5. The van der Waals surface area contributed by atoms with Crippen LogP contribution in [0.4, 0.5) is 0 Å². The Labute approximate surface area is 155 Å². The predicted molar refractivity (Wildman–Crippen MR) is 104 cm³/mol. The summed E-state index contributed by atoms with van der Waals surface area (Å²) in [5.41, 5.74) is 5.15. The van der Waals surface area contributed by atoms with Gasteiger partial charge in [-0.1, -0.05) is 32.9 Å². The van der Waals surface area contributed by atoms with Crippen LogP contribution in [0.15, 0.2) is 47.6 Å². The Morgan fingerprint density at radius 3 is 2.38 bits per heavy atom. The fourth-order valence-corrected chi connectivity index (χ4v) is 2.39. The lowest BCUT2D eigenvalue weighted by molar-refractivity contribution is 0.0955. The first kappa shape index (κ1) is 19.5. The molecule has 0 radical (unpaired) electrons. The third-order valence-corrected chi connectivity index (χ3v) is 3.88. The Morgan fingerprint density at radius 2 is 1.81 bits per heavy atom. The topological polar surface area (TPSA) is 59.9 Å². The van der Waals surface area contributed by atoms with Gasteiger partial charge in [0.1, 0.15) is 0 Å². The second-order valence-electron chi connectivity index (χ2n) is 6.87. The van der Waals surface area contributed by atoms with Crippen LogP contribution in [0.25, 0.3) is 0 Å². The molecule has 5 nitrogen and oxygen atoms in total. The zero-order chi connectivity index (χ0) is 19.2. The highest BCUT2D eigenvalue weighted by molar-refractivity contribution is 5.95. The normalized spacial score (nSPS) is 11.4. The Balaban J connectivity index is 2.03. The largest absolute Gasteiger partial charge is 0.493 e. The highest BCUT2D eigenvalue weighted by Gasteiger charge is 2.14. The van der Waals surface area contributed by atoms with Crippen LogP contribution in [-0.2, 0) is 5.41 Å². The maximum absolute atomic E-state index is 12.2. The van der Waals surface area contributed by atoms with Crippen molar-refractivity contribution in [2.45, 2.75) is 33.1 Å². The number of ether oxygens (including phenoxy) is 2. The predicted octanol–water partition coefficient (Wildman–Crippen LogP) is 4.16. The van der Waals surface area contributed by atoms with E-state index in [0.717, 1.165) is 5.56 Å². The van der Waals surface area contributed by atoms with E-state index in [9.17, 15) is 4.79 Å². The summed E-state index contributed by atoms with van der Waals surface area (Å²) in [5.74, 6) is 1.05. The van der Waals surface area contributed by atoms with Crippen LogP contribution >= 0.6 is 0 Å². The first-order valence-corrected chi connectivity index (χ1v) is 8.60. The summed E-state index contributed by atoms with van der Waals surface area (Å²) in [4.78, 5) is 12.2. The molecule has 0 spiro atoms. The van der Waals surface area contributed by atoms with Gasteiger partial charge in [0.05, 0.1) is 19.9 Å². The molecular weight excluding hydrogens is 328 g/mol. The number of hydrazone groups is 1. The van der Waals surface area contributed by atoms with Gasteiger partial charge in [0.2, 0.25) is 0 Å². The SMILES string of the molecule is CCOc1cc(/C=N\NC(=O)c2ccc(C(C)(C)C)cc2)ccc1OC. The van der Waals surface area contributed by atoms with Gasteiger partial charge in [0.15, 0.2) is 11.5 Å². The monoisotopic (exact) mass is 354 g/mol. The van der Waals surface area contributed by atoms with Gasteiger partial charge in [-0.05, 0) is 53.8 Å². The fraction of sp³-hybridized carbons (Fsp3) is 0.333. The van der Waals surface area contributed by atoms with E-state index in [-0.39, 0.29) is 11.3 Å². The Morgan fingerprint density at radius 1 is 1.12 bits per heavy atom. The average molecular weight is 354 g/mol. The van der Waals surface area contributed by atoms with Crippen LogP contribution in [-0.4, -0.2) is 25.8 Å². The van der Waals surface area contributed by atoms with Crippen LogP contribution in [0.3, 0.4) is 0 Å². The minimum Gasteiger partial charge on any atom is -0.493 e. The third-order valence-electron chi connectivity index (χ3n) is 3.88. The van der Waals surface area contributed by atoms with Crippen molar-refractivity contribution in [3.63, 3.8) is 0 Å². The molecule has 0 aromatic heterocycles. The fourth-order valence-electron chi connectivity index (χ4n) is 2.39. The molecule has 0 saturated heterocycles. The molecule has 2 rings (SSSR count). The molecule has 2 aromatic rings. The van der Waals surface area contributed by atoms with Gasteiger partial charge in [0, 0.05) is 5.56 Å². The number of hydrogen-bond donors (Lipinski definition) is 1. The van der Waals surface area contributed by atoms with Crippen LogP contribution in [0.5, 0.6) is 11.5 Å². The molecule has 0 aliphatic heterocycles. The molecule has 138 valence electrons. The van der Waals surface area contributed by atoms with E-state index < -0.39 is 0 Å². The number of hydrogen-bond acceptors (Lipinski definition) is 4. The van der Waals surface area contributed by atoms with Gasteiger partial charge < -0.3 is 9.47 Å². The van der Waals surface area contributed by atoms with Gasteiger partial charge in [-0.25, -0.2) is 5.43 Å². The summed E-state index contributed by atoms with van der Waals surface area (Å²) < 4.78 is 10.8. The van der Waals surface area contributed by atoms with Crippen LogP contribution in [0, 0.1) is 0 Å². The second kappa shape index (κ2) is 8.52. The first-order chi connectivity index (χ1) is 12.3. The molecule has 5 heteroatoms. The van der Waals surface area contributed by atoms with E-state index in [0.29, 0.717) is 23.7 Å². The quantitative estimate of drug-likeness (QED) is 0.626. The Bertz CT molecular complexity index is 775. The van der Waals surface area contributed by atoms with Crippen LogP contribution in [0.2, 0.25) is 0 Å². The van der Waals surface area contributed by atoms with E-state index >= 15 is 0 Å². The Hall–Kier alpha value is -2.82. The molecular formula is C21H26N2O3. The number of nitrogens with one attached hydrogen (secondary N) is 1. The zero-order valence-electron chi connectivity index (χ0n) is 16.0. The number of amides is 1. The third kappa shape index (κ3) is 5.09. The molecule has 0 atom stereocenters. The minimum atomic E-state index is -0.250. The van der Waals surface area contributed by atoms with E-state index in [1.165, 1.54) is 5.56 Å². The van der Waals surface area contributed by atoms with Gasteiger partial charge in [0.25, 0.3) is 5.91 Å². The van der Waals surface area contributed by atoms with Crippen molar-refractivity contribution in [3.05, 3.63) is 59.2 Å². The molecule has 1 amide bonds. The lowest BCUT2D eigenvalue weighted by Crippen LogP contribution is -2.18. The molecule has 0 bridgehead atoms. The summed E-state index contributed by atoms with van der Waals surface area (Å²) in [5, 5.41) is 4.02. The summed E-state index contributed by atoms with van der Waals surface area (Å²) in [7, 11) is 1.59. The van der Waals surface area contributed by atoms with E-state index in [4.69, 9.17) is 9.47 Å². The van der Waals surface area contributed by atoms with E-state index in [1.54, 1.807) is 19.4 Å². The van der Waals surface area contributed by atoms with Crippen LogP contribution < -0.4 is 14.9 Å². The van der Waals surface area contributed by atoms with Crippen molar-refractivity contribution >= 4 is 12.1 Å². The molecule has 0 heterocycles. The molecule has 0 saturated carbocycles.